The molecule has 4 rings (SSSR count). The average molecular weight is 577 g/mol. The fraction of sp³-hybridized carbons (Fsp3) is 0.269. The quantitative estimate of drug-likeness (QED) is 0.387. The Kier molecular flexibility index (Phi) is 7.87. The van der Waals surface area contributed by atoms with Crippen molar-refractivity contribution in [3.63, 3.8) is 0 Å². The lowest BCUT2D eigenvalue weighted by atomic mass is 10.1. The molecule has 0 radical (unpaired) electrons. The van der Waals surface area contributed by atoms with Gasteiger partial charge >= 0.3 is 12.0 Å². The molecule has 0 aliphatic carbocycles. The Morgan fingerprint density at radius 1 is 1.11 bits per heavy atom. The molecular formula is C26H26Cl2N4O5S. The molecule has 0 bridgehead atoms. The van der Waals surface area contributed by atoms with Crippen LogP contribution in [-0.4, -0.2) is 44.1 Å². The first-order valence-electron chi connectivity index (χ1n) is 11.7. The number of rotatable bonds is 6. The fourth-order valence-electron chi connectivity index (χ4n) is 4.08. The SMILES string of the molecule is CC(C)(C)OC(=O)CN(c1cccc2c1CCN2C(=O)Nc1cccnc1)S(=O)(=O)c1cc(Cl)cc(Cl)c1. The maximum absolute atomic E-state index is 13.9. The minimum absolute atomic E-state index is 0.129. The van der Waals surface area contributed by atoms with Crippen LogP contribution >= 0.6 is 23.2 Å². The van der Waals surface area contributed by atoms with Crippen molar-refractivity contribution in [2.75, 3.05) is 27.6 Å². The van der Waals surface area contributed by atoms with E-state index in [4.69, 9.17) is 27.9 Å². The molecule has 1 aromatic heterocycles. The summed E-state index contributed by atoms with van der Waals surface area (Å²) in [6, 6.07) is 11.9. The maximum atomic E-state index is 13.9. The van der Waals surface area contributed by atoms with Crippen molar-refractivity contribution < 1.29 is 22.7 Å². The maximum Gasteiger partial charge on any atom is 0.327 e. The largest absolute Gasteiger partial charge is 0.459 e. The van der Waals surface area contributed by atoms with Gasteiger partial charge in [0.2, 0.25) is 0 Å². The summed E-state index contributed by atoms with van der Waals surface area (Å²) < 4.78 is 34.2. The summed E-state index contributed by atoms with van der Waals surface area (Å²) in [5.41, 5.74) is 1.06. The number of benzene rings is 2. The van der Waals surface area contributed by atoms with E-state index in [-0.39, 0.29) is 20.6 Å². The van der Waals surface area contributed by atoms with Crippen LogP contribution < -0.4 is 14.5 Å². The number of pyridine rings is 1. The Bertz CT molecular complexity index is 1460. The first-order chi connectivity index (χ1) is 17.8. The monoisotopic (exact) mass is 576 g/mol. The lowest BCUT2D eigenvalue weighted by molar-refractivity contribution is -0.152. The van der Waals surface area contributed by atoms with Crippen molar-refractivity contribution in [1.29, 1.82) is 0 Å². The number of urea groups is 1. The molecule has 0 atom stereocenters. The number of esters is 1. The van der Waals surface area contributed by atoms with Crippen molar-refractivity contribution >= 4 is 62.3 Å². The second kappa shape index (κ2) is 10.8. The van der Waals surface area contributed by atoms with Crippen molar-refractivity contribution in [3.8, 4) is 0 Å². The van der Waals surface area contributed by atoms with E-state index in [2.05, 4.69) is 10.3 Å². The molecule has 200 valence electrons. The number of hydrogen-bond donors (Lipinski definition) is 1. The van der Waals surface area contributed by atoms with Crippen molar-refractivity contribution in [3.05, 3.63) is 76.5 Å². The van der Waals surface area contributed by atoms with Crippen molar-refractivity contribution in [2.45, 2.75) is 37.7 Å². The van der Waals surface area contributed by atoms with Gasteiger partial charge < -0.3 is 10.1 Å². The minimum atomic E-state index is -4.32. The molecule has 1 aliphatic heterocycles. The number of nitrogens with one attached hydrogen (secondary N) is 1. The number of sulfonamides is 1. The molecule has 0 spiro atoms. The smallest absolute Gasteiger partial charge is 0.327 e. The molecule has 3 aromatic rings. The number of amides is 2. The van der Waals surface area contributed by atoms with Gasteiger partial charge in [0.15, 0.2) is 0 Å². The molecule has 2 heterocycles. The van der Waals surface area contributed by atoms with Gasteiger partial charge in [-0.25, -0.2) is 13.2 Å². The minimum Gasteiger partial charge on any atom is -0.459 e. The molecule has 12 heteroatoms. The van der Waals surface area contributed by atoms with E-state index in [9.17, 15) is 18.0 Å². The zero-order valence-electron chi connectivity index (χ0n) is 20.9. The number of ether oxygens (including phenoxy) is 1. The third-order valence-electron chi connectivity index (χ3n) is 5.55. The summed E-state index contributed by atoms with van der Waals surface area (Å²) in [6.07, 6.45) is 3.49. The standard InChI is InChI=1S/C26H26Cl2N4O5S/c1-26(2,3)37-24(33)16-32(38(35,36)20-13-17(27)12-18(28)14-20)23-8-4-7-22-21(23)9-11-31(22)25(34)30-19-6-5-10-29-15-19/h4-8,10,12-15H,9,11,16H2,1-3H3,(H,30,34). The molecule has 2 amide bonds. The fourth-order valence-corrected chi connectivity index (χ4v) is 6.25. The molecule has 1 aliphatic rings. The van der Waals surface area contributed by atoms with Crippen LogP contribution in [0.4, 0.5) is 21.9 Å². The van der Waals surface area contributed by atoms with E-state index in [1.54, 1.807) is 57.3 Å². The van der Waals surface area contributed by atoms with Gasteiger partial charge in [-0.15, -0.1) is 0 Å². The Balaban J connectivity index is 1.75. The van der Waals surface area contributed by atoms with Gasteiger partial charge in [0, 0.05) is 28.4 Å². The molecule has 1 N–H and O–H groups in total. The van der Waals surface area contributed by atoms with Crippen LogP contribution in [0.3, 0.4) is 0 Å². The third-order valence-corrected chi connectivity index (χ3v) is 7.72. The van der Waals surface area contributed by atoms with Crippen LogP contribution in [0, 0.1) is 0 Å². The van der Waals surface area contributed by atoms with Crippen LogP contribution in [-0.2, 0) is 26.0 Å². The number of halogens is 2. The lowest BCUT2D eigenvalue weighted by Gasteiger charge is -2.28. The predicted octanol–water partition coefficient (Wildman–Crippen LogP) is 5.52. The third kappa shape index (κ3) is 6.20. The van der Waals surface area contributed by atoms with E-state index in [0.29, 0.717) is 29.9 Å². The molecule has 0 fully saturated rings. The van der Waals surface area contributed by atoms with E-state index in [1.165, 1.54) is 29.3 Å². The van der Waals surface area contributed by atoms with E-state index < -0.39 is 34.2 Å². The zero-order chi connectivity index (χ0) is 27.7. The first kappa shape index (κ1) is 27.7. The van der Waals surface area contributed by atoms with Gasteiger partial charge in [0.05, 0.1) is 28.2 Å². The summed E-state index contributed by atoms with van der Waals surface area (Å²) in [6.45, 7) is 4.79. The molecule has 0 unspecified atom stereocenters. The number of aromatic nitrogens is 1. The summed E-state index contributed by atoms with van der Waals surface area (Å²) >= 11 is 12.2. The summed E-state index contributed by atoms with van der Waals surface area (Å²) in [7, 11) is -4.32. The topological polar surface area (TPSA) is 109 Å². The summed E-state index contributed by atoms with van der Waals surface area (Å²) in [5.74, 6) is -0.740. The number of nitrogens with zero attached hydrogens (tertiary/aromatic N) is 3. The van der Waals surface area contributed by atoms with Crippen LogP contribution in [0.5, 0.6) is 0 Å². The first-order valence-corrected chi connectivity index (χ1v) is 13.9. The highest BCUT2D eigenvalue weighted by molar-refractivity contribution is 7.92. The molecule has 9 nitrogen and oxygen atoms in total. The predicted molar refractivity (Wildman–Crippen MR) is 148 cm³/mol. The number of fused-ring (bicyclic) bond motifs is 1. The van der Waals surface area contributed by atoms with Crippen molar-refractivity contribution in [1.82, 2.24) is 4.98 Å². The Morgan fingerprint density at radius 3 is 2.45 bits per heavy atom. The zero-order valence-corrected chi connectivity index (χ0v) is 23.3. The van der Waals surface area contributed by atoms with Crippen LogP contribution in [0.2, 0.25) is 10.0 Å². The van der Waals surface area contributed by atoms with E-state index in [1.807, 2.05) is 0 Å². The Hall–Kier alpha value is -3.34. The van der Waals surface area contributed by atoms with E-state index in [0.717, 1.165) is 4.31 Å². The molecular weight excluding hydrogens is 551 g/mol. The molecule has 2 aromatic carbocycles. The second-order valence-electron chi connectivity index (χ2n) is 9.55. The van der Waals surface area contributed by atoms with Crippen LogP contribution in [0.15, 0.2) is 65.8 Å². The summed E-state index contributed by atoms with van der Waals surface area (Å²) in [4.78, 5) is 31.2. The van der Waals surface area contributed by atoms with Gasteiger partial charge in [0.1, 0.15) is 12.1 Å². The number of hydrogen-bond acceptors (Lipinski definition) is 6. The van der Waals surface area contributed by atoms with Gasteiger partial charge in [0.25, 0.3) is 10.0 Å². The Morgan fingerprint density at radius 2 is 1.82 bits per heavy atom. The highest BCUT2D eigenvalue weighted by atomic mass is 35.5. The van der Waals surface area contributed by atoms with Crippen LogP contribution in [0.25, 0.3) is 0 Å². The van der Waals surface area contributed by atoms with Gasteiger partial charge in [-0.3, -0.25) is 19.0 Å². The lowest BCUT2D eigenvalue weighted by Crippen LogP contribution is -2.39. The average Bonchev–Trinajstić information content (AvgIpc) is 3.26. The van der Waals surface area contributed by atoms with Gasteiger partial charge in [-0.1, -0.05) is 29.3 Å². The number of anilines is 3. The number of carbonyl (C=O) groups excluding carboxylic acids is 2. The molecule has 38 heavy (non-hydrogen) atoms. The number of carbonyl (C=O) groups is 2. The molecule has 0 saturated heterocycles. The van der Waals surface area contributed by atoms with Crippen molar-refractivity contribution in [2.24, 2.45) is 0 Å². The molecule has 0 saturated carbocycles. The van der Waals surface area contributed by atoms with Crippen LogP contribution in [0.1, 0.15) is 26.3 Å². The van der Waals surface area contributed by atoms with Gasteiger partial charge in [-0.2, -0.15) is 0 Å². The summed E-state index contributed by atoms with van der Waals surface area (Å²) in [5, 5.41) is 3.05. The van der Waals surface area contributed by atoms with E-state index >= 15 is 0 Å². The highest BCUT2D eigenvalue weighted by Crippen LogP contribution is 2.38. The Labute approximate surface area is 231 Å². The normalized spacial score (nSPS) is 13.1. The highest BCUT2D eigenvalue weighted by Gasteiger charge is 2.35. The van der Waals surface area contributed by atoms with Gasteiger partial charge in [-0.05, 0) is 69.7 Å². The second-order valence-corrected chi connectivity index (χ2v) is 12.3.